The maximum Gasteiger partial charge on any atom is 4.00 e. The van der Waals surface area contributed by atoms with E-state index in [0.29, 0.717) is 0 Å². The van der Waals surface area contributed by atoms with E-state index in [0.717, 1.165) is 18.9 Å². The van der Waals surface area contributed by atoms with Gasteiger partial charge in [-0.2, -0.15) is 12.1 Å². The summed E-state index contributed by atoms with van der Waals surface area (Å²) in [5, 5.41) is 10.7. The molecule has 0 aliphatic heterocycles. The van der Waals surface area contributed by atoms with E-state index in [1.807, 2.05) is 6.92 Å². The fourth-order valence-corrected chi connectivity index (χ4v) is 6.89. The number of hydrogen-bond acceptors (Lipinski definition) is 0. The van der Waals surface area contributed by atoms with Gasteiger partial charge in [0, 0.05) is 10.2 Å². The van der Waals surface area contributed by atoms with Gasteiger partial charge in [0.1, 0.15) is 0 Å². The van der Waals surface area contributed by atoms with Crippen LogP contribution in [0.2, 0.25) is 6.04 Å². The van der Waals surface area contributed by atoms with Crippen molar-refractivity contribution in [3.63, 3.8) is 0 Å². The van der Waals surface area contributed by atoms with Crippen LogP contribution in [0.4, 0.5) is 0 Å². The summed E-state index contributed by atoms with van der Waals surface area (Å²) in [4.78, 5) is 0. The molecule has 0 heterocycles. The molecule has 0 saturated heterocycles. The summed E-state index contributed by atoms with van der Waals surface area (Å²) in [7, 11) is 3.18. The molecule has 0 aromatic heterocycles. The molecule has 0 aliphatic carbocycles. The Morgan fingerprint density at radius 2 is 0.741 bits per heavy atom. The van der Waals surface area contributed by atoms with E-state index in [1.54, 1.807) is 0 Å². The summed E-state index contributed by atoms with van der Waals surface area (Å²) < 4.78 is 0. The van der Waals surface area contributed by atoms with Gasteiger partial charge in [0.2, 0.25) is 0 Å². The Morgan fingerprint density at radius 3 is 1.09 bits per heavy atom. The Kier molecular flexibility index (Phi) is 21.1. The first-order valence-electron chi connectivity index (χ1n) is 19.0. The van der Waals surface area contributed by atoms with Crippen LogP contribution in [0.25, 0.3) is 65.3 Å². The minimum atomic E-state index is 0. The van der Waals surface area contributed by atoms with Crippen LogP contribution in [-0.2, 0) is 39.0 Å². The third-order valence-corrected chi connectivity index (χ3v) is 9.55. The van der Waals surface area contributed by atoms with Crippen LogP contribution < -0.4 is 24.8 Å². The Morgan fingerprint density at radius 1 is 0.426 bits per heavy atom. The van der Waals surface area contributed by atoms with Gasteiger partial charge in [-0.05, 0) is 45.5 Å². The van der Waals surface area contributed by atoms with Gasteiger partial charge in [0.05, 0.1) is 0 Å². The van der Waals surface area contributed by atoms with Crippen molar-refractivity contribution in [2.75, 3.05) is 0 Å². The van der Waals surface area contributed by atoms with Crippen LogP contribution in [0.15, 0.2) is 146 Å². The maximum absolute atomic E-state index is 3.18. The zero-order chi connectivity index (χ0) is 36.0. The summed E-state index contributed by atoms with van der Waals surface area (Å²) >= 11 is 0. The number of halogens is 2. The first-order chi connectivity index (χ1) is 25.1. The van der Waals surface area contributed by atoms with Gasteiger partial charge >= 0.3 is 26.2 Å². The van der Waals surface area contributed by atoms with Gasteiger partial charge in [-0.15, -0.1) is 69.1 Å². The molecular formula is C50H53Cl2SiZr. The minimum absolute atomic E-state index is 0. The first kappa shape index (κ1) is 46.9. The second-order valence-electron chi connectivity index (χ2n) is 13.2. The Labute approximate surface area is 359 Å². The van der Waals surface area contributed by atoms with Crippen molar-refractivity contribution >= 4 is 53.3 Å². The van der Waals surface area contributed by atoms with Crippen molar-refractivity contribution in [2.24, 2.45) is 0 Å². The van der Waals surface area contributed by atoms with E-state index >= 15 is 0 Å². The predicted molar refractivity (Wildman–Crippen MR) is 230 cm³/mol. The monoisotopic (exact) mass is 841 g/mol. The van der Waals surface area contributed by atoms with Crippen molar-refractivity contribution in [1.82, 2.24) is 0 Å². The standard InChI is InChI=1S/2C21H17.C6H14.C2H5Si.2ClH.Zr/c2*1-2-15-13-17-9-6-12-20(21(17)14-15)19-11-5-8-16-7-3-4-10-18(16)19;1-3-5-6-4-2;1-2-3;;;/h2*3-14H,2H2,1H3;3-6H2,1-2H3;2H2,1H3;2*1H;/q2*-1;;;;;+4/p-2. The van der Waals surface area contributed by atoms with Gasteiger partial charge < -0.3 is 24.8 Å². The number of hydrogen-bond donors (Lipinski definition) is 0. The number of aryl methyl sites for hydroxylation is 2. The SMILES string of the molecule is CCCCCC.CC[Si].CCc1cc2c(-c3cccc4ccccc34)cccc2[cH-]1.CCc1cc2c(-c3cccc4ccccc34)cccc2[cH-]1.[Cl-].[Cl-].[Zr+4]. The summed E-state index contributed by atoms with van der Waals surface area (Å²) in [5.41, 5.74) is 8.15. The van der Waals surface area contributed by atoms with Crippen molar-refractivity contribution in [1.29, 1.82) is 0 Å². The number of unbranched alkanes of at least 4 members (excludes halogenated alkanes) is 3. The molecule has 275 valence electrons. The minimum Gasteiger partial charge on any atom is -1.00 e. The molecule has 4 heteroatoms. The zero-order valence-electron chi connectivity index (χ0n) is 32.6. The average Bonchev–Trinajstić information content (AvgIpc) is 3.82. The Balaban J connectivity index is 0.000000293. The fourth-order valence-electron chi connectivity index (χ4n) is 6.89. The Bertz CT molecular complexity index is 2110. The first-order valence-corrected chi connectivity index (χ1v) is 19.7. The second-order valence-corrected chi connectivity index (χ2v) is 13.9. The van der Waals surface area contributed by atoms with E-state index in [1.165, 1.54) is 102 Å². The van der Waals surface area contributed by atoms with E-state index in [-0.39, 0.29) is 51.0 Å². The number of fused-ring (bicyclic) bond motifs is 4. The van der Waals surface area contributed by atoms with Gasteiger partial charge in [-0.3, -0.25) is 0 Å². The Hall–Kier alpha value is -3.26. The topological polar surface area (TPSA) is 0 Å². The molecule has 0 aliphatic rings. The third kappa shape index (κ3) is 11.6. The van der Waals surface area contributed by atoms with Crippen molar-refractivity contribution in [3.8, 4) is 22.3 Å². The molecule has 8 aromatic rings. The molecule has 0 saturated carbocycles. The summed E-state index contributed by atoms with van der Waals surface area (Å²) in [6.45, 7) is 10.9. The molecule has 3 radical (unpaired) electrons. The van der Waals surface area contributed by atoms with Gasteiger partial charge in [0.15, 0.2) is 0 Å². The molecule has 0 unspecified atom stereocenters. The molecule has 8 aromatic carbocycles. The molecule has 54 heavy (non-hydrogen) atoms. The van der Waals surface area contributed by atoms with Crippen LogP contribution in [0.3, 0.4) is 0 Å². The quantitative estimate of drug-likeness (QED) is 0.0854. The fraction of sp³-hybridized carbons (Fsp3) is 0.240. The van der Waals surface area contributed by atoms with Crippen LogP contribution in [-0.4, -0.2) is 10.2 Å². The van der Waals surface area contributed by atoms with Gasteiger partial charge in [0.25, 0.3) is 0 Å². The van der Waals surface area contributed by atoms with E-state index in [2.05, 4.69) is 184 Å². The van der Waals surface area contributed by atoms with E-state index in [9.17, 15) is 0 Å². The van der Waals surface area contributed by atoms with Crippen LogP contribution >= 0.6 is 0 Å². The number of rotatable bonds is 7. The smallest absolute Gasteiger partial charge is 1.00 e. The summed E-state index contributed by atoms with van der Waals surface area (Å²) in [6, 6.07) is 54.0. The molecule has 0 bridgehead atoms. The molecule has 8 rings (SSSR count). The normalized spacial score (nSPS) is 10.1. The van der Waals surface area contributed by atoms with Crippen LogP contribution in [0.5, 0.6) is 0 Å². The molecular weight excluding hydrogens is 791 g/mol. The molecule has 0 N–H and O–H groups in total. The van der Waals surface area contributed by atoms with Crippen LogP contribution in [0, 0.1) is 0 Å². The van der Waals surface area contributed by atoms with E-state index in [4.69, 9.17) is 0 Å². The van der Waals surface area contributed by atoms with Gasteiger partial charge in [-0.25, -0.2) is 0 Å². The molecule has 0 fully saturated rings. The zero-order valence-corrected chi connectivity index (χ0v) is 37.5. The average molecular weight is 844 g/mol. The van der Waals surface area contributed by atoms with Crippen molar-refractivity contribution < 1.29 is 51.0 Å². The number of benzene rings is 6. The van der Waals surface area contributed by atoms with Crippen molar-refractivity contribution in [3.05, 3.63) is 157 Å². The largest absolute Gasteiger partial charge is 4.00 e. The second kappa shape index (κ2) is 24.3. The molecule has 0 nitrogen and oxygen atoms in total. The third-order valence-electron chi connectivity index (χ3n) is 9.55. The molecule has 0 atom stereocenters. The van der Waals surface area contributed by atoms with Gasteiger partial charge in [-0.1, -0.05) is 175 Å². The van der Waals surface area contributed by atoms with E-state index < -0.39 is 0 Å². The van der Waals surface area contributed by atoms with Crippen LogP contribution in [0.1, 0.15) is 71.4 Å². The molecule has 0 spiro atoms. The maximum atomic E-state index is 3.18. The van der Waals surface area contributed by atoms with Crippen molar-refractivity contribution in [2.45, 2.75) is 79.2 Å². The molecule has 0 amide bonds. The summed E-state index contributed by atoms with van der Waals surface area (Å²) in [5.74, 6) is 0. The predicted octanol–water partition coefficient (Wildman–Crippen LogP) is 9.07. The summed E-state index contributed by atoms with van der Waals surface area (Å²) in [6.07, 6.45) is 7.71.